The molecule has 0 spiro atoms. The van der Waals surface area contributed by atoms with Crippen molar-refractivity contribution < 1.29 is 9.15 Å². The van der Waals surface area contributed by atoms with Crippen LogP contribution in [0, 0.1) is 11.3 Å². The molecule has 3 heterocycles. The molecule has 4 aromatic rings. The van der Waals surface area contributed by atoms with Gasteiger partial charge in [-0.1, -0.05) is 35.4 Å². The maximum atomic E-state index is 8.82. The predicted molar refractivity (Wildman–Crippen MR) is 82.7 cm³/mol. The average Bonchev–Trinajstić information content (AvgIpc) is 3.27. The zero-order valence-electron chi connectivity index (χ0n) is 12.3. The SMILES string of the molecule is N#Cc1nnc(-c2c[nH]c3ncnc(OCc4ccccc4)c23)o1. The van der Waals surface area contributed by atoms with Gasteiger partial charge in [-0.25, -0.2) is 9.97 Å². The van der Waals surface area contributed by atoms with Gasteiger partial charge in [0.15, 0.2) is 6.07 Å². The molecular formula is C16H10N6O2. The summed E-state index contributed by atoms with van der Waals surface area (Å²) in [5.74, 6) is 0.497. The van der Waals surface area contributed by atoms with Crippen LogP contribution >= 0.6 is 0 Å². The van der Waals surface area contributed by atoms with Crippen molar-refractivity contribution >= 4 is 11.0 Å². The van der Waals surface area contributed by atoms with Crippen molar-refractivity contribution in [2.75, 3.05) is 0 Å². The molecule has 0 aliphatic carbocycles. The molecule has 0 radical (unpaired) electrons. The maximum Gasteiger partial charge on any atom is 0.321 e. The lowest BCUT2D eigenvalue weighted by Crippen LogP contribution is -1.98. The number of H-pyrrole nitrogens is 1. The molecule has 24 heavy (non-hydrogen) atoms. The third-order valence-electron chi connectivity index (χ3n) is 3.40. The minimum Gasteiger partial charge on any atom is -0.472 e. The first kappa shape index (κ1) is 13.9. The van der Waals surface area contributed by atoms with E-state index in [4.69, 9.17) is 14.4 Å². The number of nitrogens with one attached hydrogen (secondary N) is 1. The van der Waals surface area contributed by atoms with E-state index in [1.54, 1.807) is 12.3 Å². The Balaban J connectivity index is 1.73. The summed E-state index contributed by atoms with van der Waals surface area (Å²) in [4.78, 5) is 11.4. The molecule has 0 bridgehead atoms. The van der Waals surface area contributed by atoms with Crippen molar-refractivity contribution in [2.24, 2.45) is 0 Å². The van der Waals surface area contributed by atoms with Crippen molar-refractivity contribution in [3.05, 3.63) is 54.3 Å². The highest BCUT2D eigenvalue weighted by Gasteiger charge is 2.18. The van der Waals surface area contributed by atoms with Gasteiger partial charge in [-0.15, -0.1) is 5.10 Å². The van der Waals surface area contributed by atoms with E-state index >= 15 is 0 Å². The highest BCUT2D eigenvalue weighted by Crippen LogP contribution is 2.32. The van der Waals surface area contributed by atoms with E-state index in [0.29, 0.717) is 29.1 Å². The zero-order chi connectivity index (χ0) is 16.4. The number of aromatic amines is 1. The molecule has 0 aliphatic rings. The molecule has 0 saturated carbocycles. The molecule has 116 valence electrons. The third-order valence-corrected chi connectivity index (χ3v) is 3.40. The fourth-order valence-corrected chi connectivity index (χ4v) is 2.32. The van der Waals surface area contributed by atoms with E-state index in [-0.39, 0.29) is 11.8 Å². The molecule has 1 N–H and O–H groups in total. The molecule has 8 nitrogen and oxygen atoms in total. The highest BCUT2D eigenvalue weighted by atomic mass is 16.5. The number of hydrogen-bond acceptors (Lipinski definition) is 7. The Kier molecular flexibility index (Phi) is 3.37. The fraction of sp³-hybridized carbons (Fsp3) is 0.0625. The number of ether oxygens (including phenoxy) is 1. The molecule has 0 unspecified atom stereocenters. The van der Waals surface area contributed by atoms with Crippen LogP contribution in [0.3, 0.4) is 0 Å². The van der Waals surface area contributed by atoms with Crippen LogP contribution in [0.5, 0.6) is 5.88 Å². The van der Waals surface area contributed by atoms with Gasteiger partial charge in [0.25, 0.3) is 5.89 Å². The Labute approximate surface area is 135 Å². The first-order chi connectivity index (χ1) is 11.8. The van der Waals surface area contributed by atoms with Crippen LogP contribution in [-0.4, -0.2) is 25.1 Å². The van der Waals surface area contributed by atoms with Crippen LogP contribution in [0.25, 0.3) is 22.5 Å². The smallest absolute Gasteiger partial charge is 0.321 e. The van der Waals surface area contributed by atoms with Gasteiger partial charge in [-0.05, 0) is 5.56 Å². The average molecular weight is 318 g/mol. The van der Waals surface area contributed by atoms with E-state index < -0.39 is 0 Å². The minimum atomic E-state index is -0.108. The first-order valence-corrected chi connectivity index (χ1v) is 7.08. The van der Waals surface area contributed by atoms with Gasteiger partial charge in [-0.2, -0.15) is 5.26 Å². The lowest BCUT2D eigenvalue weighted by Gasteiger charge is -2.06. The summed E-state index contributed by atoms with van der Waals surface area (Å²) >= 11 is 0. The predicted octanol–water partition coefficient (Wildman–Crippen LogP) is 2.46. The van der Waals surface area contributed by atoms with E-state index in [0.717, 1.165) is 5.56 Å². The highest BCUT2D eigenvalue weighted by molar-refractivity contribution is 5.94. The second-order valence-corrected chi connectivity index (χ2v) is 4.90. The number of hydrogen-bond donors (Lipinski definition) is 1. The molecule has 0 fully saturated rings. The van der Waals surface area contributed by atoms with Crippen LogP contribution in [0.1, 0.15) is 11.5 Å². The van der Waals surface area contributed by atoms with Crippen molar-refractivity contribution in [1.29, 1.82) is 5.26 Å². The summed E-state index contributed by atoms with van der Waals surface area (Å²) < 4.78 is 11.1. The third kappa shape index (κ3) is 2.44. The van der Waals surface area contributed by atoms with Crippen molar-refractivity contribution in [3.63, 3.8) is 0 Å². The Morgan fingerprint density at radius 2 is 2.04 bits per heavy atom. The van der Waals surface area contributed by atoms with Crippen LogP contribution in [0.4, 0.5) is 0 Å². The number of nitrogens with zero attached hydrogens (tertiary/aromatic N) is 5. The summed E-state index contributed by atoms with van der Waals surface area (Å²) in [5, 5.41) is 17.0. The van der Waals surface area contributed by atoms with Gasteiger partial charge in [0.2, 0.25) is 5.88 Å². The molecule has 4 rings (SSSR count). The molecule has 3 aromatic heterocycles. The number of nitriles is 1. The molecule has 8 heteroatoms. The first-order valence-electron chi connectivity index (χ1n) is 7.08. The van der Waals surface area contributed by atoms with Gasteiger partial charge in [0.1, 0.15) is 18.6 Å². The normalized spacial score (nSPS) is 10.6. The molecular weight excluding hydrogens is 308 g/mol. The lowest BCUT2D eigenvalue weighted by molar-refractivity contribution is 0.297. The number of fused-ring (bicyclic) bond motifs is 1. The Morgan fingerprint density at radius 3 is 2.83 bits per heavy atom. The van der Waals surface area contributed by atoms with E-state index in [1.165, 1.54) is 6.33 Å². The van der Waals surface area contributed by atoms with Gasteiger partial charge in [0, 0.05) is 6.20 Å². The topological polar surface area (TPSA) is 114 Å². The fourth-order valence-electron chi connectivity index (χ4n) is 2.32. The Bertz CT molecular complexity index is 1030. The van der Waals surface area contributed by atoms with Crippen molar-refractivity contribution in [1.82, 2.24) is 25.1 Å². The molecule has 0 saturated heterocycles. The van der Waals surface area contributed by atoms with Gasteiger partial charge >= 0.3 is 5.89 Å². The monoisotopic (exact) mass is 318 g/mol. The van der Waals surface area contributed by atoms with Gasteiger partial charge in [-0.3, -0.25) is 0 Å². The van der Waals surface area contributed by atoms with Crippen molar-refractivity contribution in [3.8, 4) is 23.4 Å². The number of aromatic nitrogens is 5. The second-order valence-electron chi connectivity index (χ2n) is 4.90. The van der Waals surface area contributed by atoms with Crippen LogP contribution in [0.2, 0.25) is 0 Å². The number of rotatable bonds is 4. The van der Waals surface area contributed by atoms with Gasteiger partial charge < -0.3 is 14.1 Å². The van der Waals surface area contributed by atoms with Crippen LogP contribution < -0.4 is 4.74 Å². The summed E-state index contributed by atoms with van der Waals surface area (Å²) in [6.45, 7) is 0.366. The van der Waals surface area contributed by atoms with Crippen LogP contribution in [-0.2, 0) is 6.61 Å². The summed E-state index contributed by atoms with van der Waals surface area (Å²) in [5.41, 5.74) is 2.19. The van der Waals surface area contributed by atoms with E-state index in [1.807, 2.05) is 30.3 Å². The quantitative estimate of drug-likeness (QED) is 0.614. The second kappa shape index (κ2) is 5.81. The number of benzene rings is 1. The Hall–Kier alpha value is -3.73. The molecule has 0 amide bonds. The lowest BCUT2D eigenvalue weighted by atomic mass is 10.2. The molecule has 0 atom stereocenters. The minimum absolute atomic E-state index is 0.108. The standard InChI is InChI=1S/C16H10N6O2/c17-6-12-21-22-15(24-12)11-7-18-14-13(11)16(20-9-19-14)23-8-10-4-2-1-3-5-10/h1-5,7,9H,8H2,(H,18,19,20). The van der Waals surface area contributed by atoms with E-state index in [9.17, 15) is 0 Å². The summed E-state index contributed by atoms with van der Waals surface area (Å²) in [6, 6.07) is 11.6. The van der Waals surface area contributed by atoms with E-state index in [2.05, 4.69) is 25.1 Å². The largest absolute Gasteiger partial charge is 0.472 e. The maximum absolute atomic E-state index is 8.82. The van der Waals surface area contributed by atoms with Crippen molar-refractivity contribution in [2.45, 2.75) is 6.61 Å². The summed E-state index contributed by atoms with van der Waals surface area (Å²) in [7, 11) is 0. The summed E-state index contributed by atoms with van der Waals surface area (Å²) in [6.07, 6.45) is 3.08. The van der Waals surface area contributed by atoms with Crippen LogP contribution in [0.15, 0.2) is 47.3 Å². The molecule has 0 aliphatic heterocycles. The van der Waals surface area contributed by atoms with Gasteiger partial charge in [0.05, 0.1) is 10.9 Å². The Morgan fingerprint density at radius 1 is 1.17 bits per heavy atom. The zero-order valence-corrected chi connectivity index (χ0v) is 12.3. The molecule has 1 aromatic carbocycles.